The molecule has 2 bridgehead atoms. The zero-order valence-electron chi connectivity index (χ0n) is 27.1. The van der Waals surface area contributed by atoms with Gasteiger partial charge < -0.3 is 19.5 Å². The number of aromatic hydroxyl groups is 1. The maximum atomic E-state index is 14.1. The number of amides is 1. The first-order chi connectivity index (χ1) is 22.0. The van der Waals surface area contributed by atoms with Crippen LogP contribution in [0.15, 0.2) is 36.4 Å². The van der Waals surface area contributed by atoms with E-state index in [0.717, 1.165) is 80.8 Å². The highest BCUT2D eigenvalue weighted by Crippen LogP contribution is 2.66. The van der Waals surface area contributed by atoms with Crippen LogP contribution in [0.5, 0.6) is 17.2 Å². The zero-order valence-corrected chi connectivity index (χ0v) is 27.1. The number of Topliss-reactive ketones (excluding diaryl/α,β-unsaturated/α-hetero) is 1. The number of ether oxygens (including phenoxy) is 2. The molecule has 7 heteroatoms. The Morgan fingerprint density at radius 3 is 2.62 bits per heavy atom. The van der Waals surface area contributed by atoms with Crippen molar-refractivity contribution in [2.75, 3.05) is 26.7 Å². The van der Waals surface area contributed by atoms with Crippen LogP contribution in [0.3, 0.4) is 0 Å². The molecule has 7 nitrogen and oxygen atoms in total. The minimum atomic E-state index is -0.214. The molecule has 3 fully saturated rings. The summed E-state index contributed by atoms with van der Waals surface area (Å²) in [5, 5.41) is 11.3. The van der Waals surface area contributed by atoms with E-state index in [4.69, 9.17) is 9.47 Å². The molecular weight excluding hydrogens is 564 g/mol. The number of ketones is 1. The van der Waals surface area contributed by atoms with Crippen LogP contribution in [0.4, 0.5) is 0 Å². The standard InChI is InChI=1S/C38H50N2O5/c1-3-4-10-20-40(34(43)14-9-8-13-31(41)26-11-6-5-7-12-26)29-18-17-28-30-22-27-32(42)23-33(44-2)36-35(27)38(28,37(29)45-36)19-21-39(30)24-25-15-16-25/h5-7,11-12,23,25,28-30,37,42H,3-4,8-10,13-22,24H2,1-2H3/t28-,29-,30+,37-,38-/m0/s1. The second kappa shape index (κ2) is 12.6. The SMILES string of the molecule is CCCCCN(C(=O)CCCCC(=O)c1ccccc1)[C@H]1CC[C@H]2[C@H]3Cc4c(O)cc(OC)c5c4[C@@]2(CCN3CC2CC2)[C@H]1O5. The largest absolute Gasteiger partial charge is 0.508 e. The monoisotopic (exact) mass is 614 g/mol. The van der Waals surface area contributed by atoms with Gasteiger partial charge in [0.1, 0.15) is 11.9 Å². The van der Waals surface area contributed by atoms with E-state index in [-0.39, 0.29) is 29.3 Å². The van der Waals surface area contributed by atoms with Crippen molar-refractivity contribution in [3.8, 4) is 17.2 Å². The molecule has 2 aliphatic heterocycles. The Bertz CT molecular complexity index is 1410. The predicted molar refractivity (Wildman–Crippen MR) is 174 cm³/mol. The van der Waals surface area contributed by atoms with Gasteiger partial charge in [-0.1, -0.05) is 50.1 Å². The van der Waals surface area contributed by atoms with E-state index in [9.17, 15) is 14.7 Å². The van der Waals surface area contributed by atoms with Crippen molar-refractivity contribution < 1.29 is 24.2 Å². The summed E-state index contributed by atoms with van der Waals surface area (Å²) in [6.45, 7) is 5.15. The van der Waals surface area contributed by atoms with E-state index in [1.165, 1.54) is 24.9 Å². The van der Waals surface area contributed by atoms with Gasteiger partial charge in [0.2, 0.25) is 5.91 Å². The van der Waals surface area contributed by atoms with Crippen LogP contribution >= 0.6 is 0 Å². The van der Waals surface area contributed by atoms with Gasteiger partial charge in [0.25, 0.3) is 0 Å². The van der Waals surface area contributed by atoms with Gasteiger partial charge in [0, 0.05) is 60.1 Å². The predicted octanol–water partition coefficient (Wildman–Crippen LogP) is 6.68. The molecule has 45 heavy (non-hydrogen) atoms. The third-order valence-corrected chi connectivity index (χ3v) is 11.8. The number of phenolic OH excluding ortho intramolecular Hbond substituents is 1. The second-order valence-electron chi connectivity index (χ2n) is 14.4. The first-order valence-corrected chi connectivity index (χ1v) is 17.7. The third kappa shape index (κ3) is 5.43. The summed E-state index contributed by atoms with van der Waals surface area (Å²) in [5.74, 6) is 3.34. The number of nitrogens with zero attached hydrogens (tertiary/aromatic N) is 2. The molecular formula is C38H50N2O5. The number of benzene rings is 2. The molecule has 7 rings (SSSR count). The van der Waals surface area contributed by atoms with Gasteiger partial charge in [-0.15, -0.1) is 0 Å². The molecule has 1 saturated heterocycles. The summed E-state index contributed by atoms with van der Waals surface area (Å²) in [6, 6.07) is 11.6. The van der Waals surface area contributed by atoms with E-state index in [0.29, 0.717) is 49.1 Å². The highest BCUT2D eigenvalue weighted by molar-refractivity contribution is 5.96. The first-order valence-electron chi connectivity index (χ1n) is 17.7. The van der Waals surface area contributed by atoms with E-state index in [1.807, 2.05) is 30.3 Å². The number of methoxy groups -OCH3 is 1. The van der Waals surface area contributed by atoms with Crippen LogP contribution < -0.4 is 9.47 Å². The van der Waals surface area contributed by atoms with Crippen molar-refractivity contribution in [1.29, 1.82) is 0 Å². The van der Waals surface area contributed by atoms with Gasteiger partial charge in [-0.25, -0.2) is 0 Å². The molecule has 1 spiro atoms. The molecule has 2 heterocycles. The molecule has 0 radical (unpaired) electrons. The number of carbonyl (C=O) groups excluding carboxylic acids is 2. The minimum Gasteiger partial charge on any atom is -0.508 e. The average molecular weight is 615 g/mol. The fourth-order valence-corrected chi connectivity index (χ4v) is 9.46. The van der Waals surface area contributed by atoms with Crippen LogP contribution in [0.2, 0.25) is 0 Å². The quantitative estimate of drug-likeness (QED) is 0.189. The normalized spacial score (nSPS) is 27.9. The maximum Gasteiger partial charge on any atom is 0.222 e. The highest BCUT2D eigenvalue weighted by atomic mass is 16.5. The number of phenols is 1. The van der Waals surface area contributed by atoms with Crippen molar-refractivity contribution in [2.24, 2.45) is 11.8 Å². The Kier molecular flexibility index (Phi) is 8.58. The second-order valence-corrected chi connectivity index (χ2v) is 14.4. The Hall–Kier alpha value is -3.06. The summed E-state index contributed by atoms with van der Waals surface area (Å²) in [6.07, 6.45) is 11.9. The van der Waals surface area contributed by atoms with Crippen molar-refractivity contribution in [2.45, 2.75) is 114 Å². The van der Waals surface area contributed by atoms with Crippen molar-refractivity contribution >= 4 is 11.7 Å². The van der Waals surface area contributed by atoms with E-state index in [2.05, 4.69) is 16.7 Å². The fraction of sp³-hybridized carbons (Fsp3) is 0.632. The summed E-state index contributed by atoms with van der Waals surface area (Å²) < 4.78 is 12.9. The summed E-state index contributed by atoms with van der Waals surface area (Å²) >= 11 is 0. The third-order valence-electron chi connectivity index (χ3n) is 11.8. The maximum absolute atomic E-state index is 14.1. The van der Waals surface area contributed by atoms with Crippen LogP contribution in [-0.4, -0.2) is 71.5 Å². The lowest BCUT2D eigenvalue weighted by Crippen LogP contribution is -2.69. The Morgan fingerprint density at radius 2 is 1.87 bits per heavy atom. The van der Waals surface area contributed by atoms with Gasteiger partial charge >= 0.3 is 0 Å². The lowest BCUT2D eigenvalue weighted by Gasteiger charge is -2.60. The average Bonchev–Trinajstić information content (AvgIpc) is 3.81. The van der Waals surface area contributed by atoms with Crippen LogP contribution in [-0.2, 0) is 16.6 Å². The van der Waals surface area contributed by atoms with Crippen molar-refractivity contribution in [3.63, 3.8) is 0 Å². The van der Waals surface area contributed by atoms with Crippen LogP contribution in [0.1, 0.15) is 105 Å². The zero-order chi connectivity index (χ0) is 31.1. The number of likely N-dealkylation sites (tertiary alicyclic amines) is 1. The number of hydrogen-bond donors (Lipinski definition) is 1. The molecule has 2 saturated carbocycles. The Morgan fingerprint density at radius 1 is 1.07 bits per heavy atom. The molecule has 2 aromatic rings. The minimum absolute atomic E-state index is 0.0163. The van der Waals surface area contributed by atoms with Gasteiger partial charge in [0.15, 0.2) is 17.3 Å². The Balaban J connectivity index is 1.14. The number of hydrogen-bond acceptors (Lipinski definition) is 6. The highest BCUT2D eigenvalue weighted by Gasteiger charge is 2.67. The molecule has 3 aliphatic carbocycles. The lowest BCUT2D eigenvalue weighted by molar-refractivity contribution is -0.143. The number of piperidine rings is 1. The summed E-state index contributed by atoms with van der Waals surface area (Å²) in [5.41, 5.74) is 2.76. The molecule has 0 aromatic heterocycles. The van der Waals surface area contributed by atoms with Crippen molar-refractivity contribution in [3.05, 3.63) is 53.1 Å². The van der Waals surface area contributed by atoms with Gasteiger partial charge in [-0.05, 0) is 76.2 Å². The molecule has 5 atom stereocenters. The molecule has 0 unspecified atom stereocenters. The van der Waals surface area contributed by atoms with Gasteiger partial charge in [-0.3, -0.25) is 14.5 Å². The molecule has 242 valence electrons. The molecule has 1 N–H and O–H groups in total. The topological polar surface area (TPSA) is 79.3 Å². The molecule has 1 amide bonds. The number of rotatable bonds is 14. The summed E-state index contributed by atoms with van der Waals surface area (Å²) in [7, 11) is 1.66. The lowest BCUT2D eigenvalue weighted by atomic mass is 9.50. The molecule has 5 aliphatic rings. The number of carbonyl (C=O) groups is 2. The Labute approximate surface area is 268 Å². The number of unbranched alkanes of at least 4 members (excludes halogenated alkanes) is 3. The fourth-order valence-electron chi connectivity index (χ4n) is 9.46. The van der Waals surface area contributed by atoms with Crippen LogP contribution in [0.25, 0.3) is 0 Å². The van der Waals surface area contributed by atoms with E-state index >= 15 is 0 Å². The van der Waals surface area contributed by atoms with Crippen LogP contribution in [0, 0.1) is 11.8 Å². The first kappa shape index (κ1) is 30.6. The smallest absolute Gasteiger partial charge is 0.222 e. The molecule has 2 aromatic carbocycles. The van der Waals surface area contributed by atoms with E-state index < -0.39 is 0 Å². The van der Waals surface area contributed by atoms with Gasteiger partial charge in [0.05, 0.1) is 13.2 Å². The van der Waals surface area contributed by atoms with E-state index in [1.54, 1.807) is 13.2 Å². The summed E-state index contributed by atoms with van der Waals surface area (Å²) in [4.78, 5) is 31.7. The van der Waals surface area contributed by atoms with Crippen molar-refractivity contribution in [1.82, 2.24) is 9.80 Å². The van der Waals surface area contributed by atoms with Gasteiger partial charge in [-0.2, -0.15) is 0 Å².